The number of aromatic nitrogens is 2. The Morgan fingerprint density at radius 1 is 1.67 bits per heavy atom. The molecule has 0 saturated carbocycles. The van der Waals surface area contributed by atoms with Crippen molar-refractivity contribution >= 4 is 21.7 Å². The summed E-state index contributed by atoms with van der Waals surface area (Å²) < 4.78 is 29.6. The number of nitrogens with zero attached hydrogens (tertiary/aromatic N) is 1. The van der Waals surface area contributed by atoms with Crippen LogP contribution < -0.4 is 4.72 Å². The molecule has 1 atom stereocenters. The first-order valence-corrected chi connectivity index (χ1v) is 5.60. The molecule has 1 rings (SSSR count). The lowest BCUT2D eigenvalue weighted by atomic mass is 10.5. The number of carbonyl (C=O) groups excluding carboxylic acids is 1. The van der Waals surface area contributed by atoms with E-state index in [9.17, 15) is 13.2 Å². The van der Waals surface area contributed by atoms with E-state index in [1.165, 1.54) is 19.3 Å². The van der Waals surface area contributed by atoms with E-state index >= 15 is 0 Å². The first-order chi connectivity index (χ1) is 6.97. The molecule has 1 aromatic heterocycles. The molecule has 0 aromatic carbocycles. The normalized spacial score (nSPS) is 13.2. The molecule has 0 radical (unpaired) electrons. The van der Waals surface area contributed by atoms with E-state index < -0.39 is 21.2 Å². The van der Waals surface area contributed by atoms with Gasteiger partial charge < -0.3 is 4.74 Å². The van der Waals surface area contributed by atoms with Gasteiger partial charge in [-0.1, -0.05) is 0 Å². The standard InChI is InChI=1S/C7H11N3O4S/c1-5(7(11)14-2)15(12,13)10-6-3-8-9-4-6/h3-5,10H,1-2H3,(H,8,9). The highest BCUT2D eigenvalue weighted by atomic mass is 32.2. The summed E-state index contributed by atoms with van der Waals surface area (Å²) in [5.41, 5.74) is 0.269. The second-order valence-electron chi connectivity index (χ2n) is 2.80. The van der Waals surface area contributed by atoms with Crippen molar-refractivity contribution in [3.05, 3.63) is 12.4 Å². The largest absolute Gasteiger partial charge is 0.468 e. The lowest BCUT2D eigenvalue weighted by Crippen LogP contribution is -2.33. The Morgan fingerprint density at radius 2 is 2.33 bits per heavy atom. The van der Waals surface area contributed by atoms with Crippen molar-refractivity contribution in [2.24, 2.45) is 0 Å². The Labute approximate surface area is 86.9 Å². The van der Waals surface area contributed by atoms with Gasteiger partial charge in [0, 0.05) is 6.20 Å². The molecule has 2 N–H and O–H groups in total. The zero-order valence-electron chi connectivity index (χ0n) is 8.22. The van der Waals surface area contributed by atoms with Gasteiger partial charge in [-0.15, -0.1) is 0 Å². The van der Waals surface area contributed by atoms with Crippen LogP contribution in [-0.2, 0) is 19.6 Å². The summed E-state index contributed by atoms with van der Waals surface area (Å²) in [5.74, 6) is -0.814. The van der Waals surface area contributed by atoms with Crippen molar-refractivity contribution in [1.29, 1.82) is 0 Å². The number of sulfonamides is 1. The van der Waals surface area contributed by atoms with Gasteiger partial charge in [0.05, 0.1) is 19.0 Å². The van der Waals surface area contributed by atoms with Crippen LogP contribution >= 0.6 is 0 Å². The minimum Gasteiger partial charge on any atom is -0.468 e. The maximum atomic E-state index is 11.5. The van der Waals surface area contributed by atoms with E-state index in [1.54, 1.807) is 0 Å². The van der Waals surface area contributed by atoms with Crippen LogP contribution in [0.3, 0.4) is 0 Å². The number of carbonyl (C=O) groups is 1. The zero-order chi connectivity index (χ0) is 11.5. The summed E-state index contributed by atoms with van der Waals surface area (Å²) in [6, 6.07) is 0. The first-order valence-electron chi connectivity index (χ1n) is 4.05. The van der Waals surface area contributed by atoms with Crippen LogP contribution in [0.2, 0.25) is 0 Å². The van der Waals surface area contributed by atoms with E-state index in [1.807, 2.05) is 0 Å². The van der Waals surface area contributed by atoms with E-state index in [2.05, 4.69) is 19.7 Å². The van der Waals surface area contributed by atoms with E-state index in [0.29, 0.717) is 0 Å². The number of anilines is 1. The van der Waals surface area contributed by atoms with E-state index in [4.69, 9.17) is 0 Å². The second kappa shape index (κ2) is 4.30. The van der Waals surface area contributed by atoms with Crippen LogP contribution in [0.5, 0.6) is 0 Å². The molecule has 84 valence electrons. The number of ether oxygens (including phenoxy) is 1. The minimum atomic E-state index is -3.78. The molecule has 1 aromatic rings. The maximum Gasteiger partial charge on any atom is 0.325 e. The molecule has 8 heteroatoms. The number of aromatic amines is 1. The highest BCUT2D eigenvalue weighted by molar-refractivity contribution is 7.94. The lowest BCUT2D eigenvalue weighted by Gasteiger charge is -2.11. The Hall–Kier alpha value is -1.57. The predicted octanol–water partition coefficient (Wildman–Crippen LogP) is -0.287. The Morgan fingerprint density at radius 3 is 2.80 bits per heavy atom. The topological polar surface area (TPSA) is 101 Å². The molecule has 0 saturated heterocycles. The summed E-state index contributed by atoms with van der Waals surface area (Å²) in [6.45, 7) is 1.24. The van der Waals surface area contributed by atoms with Crippen LogP contribution in [0.4, 0.5) is 5.69 Å². The van der Waals surface area contributed by atoms with Crippen LogP contribution in [0.1, 0.15) is 6.92 Å². The Bertz CT molecular complexity index is 425. The second-order valence-corrected chi connectivity index (χ2v) is 4.80. The molecule has 1 heterocycles. The van der Waals surface area contributed by atoms with Gasteiger partial charge in [0.2, 0.25) is 10.0 Å². The number of nitrogens with one attached hydrogen (secondary N) is 2. The number of hydrogen-bond donors (Lipinski definition) is 2. The maximum absolute atomic E-state index is 11.5. The van der Waals surface area contributed by atoms with E-state index in [-0.39, 0.29) is 5.69 Å². The molecule has 7 nitrogen and oxygen atoms in total. The van der Waals surface area contributed by atoms with Crippen molar-refractivity contribution in [2.45, 2.75) is 12.2 Å². The van der Waals surface area contributed by atoms with Crippen LogP contribution in [-0.4, -0.2) is 36.9 Å². The quantitative estimate of drug-likeness (QED) is 0.696. The number of H-pyrrole nitrogens is 1. The van der Waals surface area contributed by atoms with Crippen molar-refractivity contribution in [3.8, 4) is 0 Å². The lowest BCUT2D eigenvalue weighted by molar-refractivity contribution is -0.139. The smallest absolute Gasteiger partial charge is 0.325 e. The monoisotopic (exact) mass is 233 g/mol. The van der Waals surface area contributed by atoms with Gasteiger partial charge in [0.1, 0.15) is 0 Å². The molecule has 15 heavy (non-hydrogen) atoms. The van der Waals surface area contributed by atoms with Crippen molar-refractivity contribution in [2.75, 3.05) is 11.8 Å². The minimum absolute atomic E-state index is 0.269. The van der Waals surface area contributed by atoms with Gasteiger partial charge in [0.15, 0.2) is 5.25 Å². The third-order valence-electron chi connectivity index (χ3n) is 1.76. The first kappa shape index (κ1) is 11.5. The van der Waals surface area contributed by atoms with Crippen molar-refractivity contribution in [3.63, 3.8) is 0 Å². The zero-order valence-corrected chi connectivity index (χ0v) is 9.04. The average molecular weight is 233 g/mol. The van der Waals surface area contributed by atoms with Gasteiger partial charge in [-0.25, -0.2) is 8.42 Å². The van der Waals surface area contributed by atoms with Crippen molar-refractivity contribution in [1.82, 2.24) is 10.2 Å². The van der Waals surface area contributed by atoms with Crippen LogP contribution in [0.25, 0.3) is 0 Å². The third kappa shape index (κ3) is 2.69. The fourth-order valence-corrected chi connectivity index (χ4v) is 1.82. The molecule has 0 aliphatic heterocycles. The third-order valence-corrected chi connectivity index (χ3v) is 3.40. The molecule has 0 spiro atoms. The van der Waals surface area contributed by atoms with Gasteiger partial charge in [0.25, 0.3) is 0 Å². The van der Waals surface area contributed by atoms with Crippen molar-refractivity contribution < 1.29 is 17.9 Å². The van der Waals surface area contributed by atoms with E-state index in [0.717, 1.165) is 7.11 Å². The number of esters is 1. The summed E-state index contributed by atoms with van der Waals surface area (Å²) in [5, 5.41) is 4.74. The Kier molecular flexibility index (Phi) is 3.30. The molecule has 1 unspecified atom stereocenters. The van der Waals surface area contributed by atoms with Crippen LogP contribution in [0, 0.1) is 0 Å². The highest BCUT2D eigenvalue weighted by Gasteiger charge is 2.28. The SMILES string of the molecule is COC(=O)C(C)S(=O)(=O)Nc1cn[nH]c1. The van der Waals surface area contributed by atoms with Crippen LogP contribution in [0.15, 0.2) is 12.4 Å². The molecular weight excluding hydrogens is 222 g/mol. The molecule has 0 bridgehead atoms. The average Bonchev–Trinajstić information content (AvgIpc) is 2.67. The molecule has 0 aliphatic carbocycles. The summed E-state index contributed by atoms with van der Waals surface area (Å²) in [7, 11) is -2.65. The Balaban J connectivity index is 2.80. The van der Waals surface area contributed by atoms with Gasteiger partial charge in [-0.05, 0) is 6.92 Å². The summed E-state index contributed by atoms with van der Waals surface area (Å²) in [6.07, 6.45) is 2.66. The molecule has 0 amide bonds. The van der Waals surface area contributed by atoms with Gasteiger partial charge in [-0.2, -0.15) is 5.10 Å². The number of methoxy groups -OCH3 is 1. The highest BCUT2D eigenvalue weighted by Crippen LogP contribution is 2.09. The summed E-state index contributed by atoms with van der Waals surface area (Å²) in [4.78, 5) is 11.0. The molecule has 0 aliphatic rings. The molecule has 0 fully saturated rings. The van der Waals surface area contributed by atoms with Gasteiger partial charge >= 0.3 is 5.97 Å². The number of hydrogen-bond acceptors (Lipinski definition) is 5. The van der Waals surface area contributed by atoms with Gasteiger partial charge in [-0.3, -0.25) is 14.6 Å². The summed E-state index contributed by atoms with van der Waals surface area (Å²) >= 11 is 0. The number of rotatable bonds is 4. The molecular formula is C7H11N3O4S. The fraction of sp³-hybridized carbons (Fsp3) is 0.429. The predicted molar refractivity (Wildman–Crippen MR) is 52.6 cm³/mol. The fourth-order valence-electron chi connectivity index (χ4n) is 0.852.